The number of para-hydroxylation sites is 1. The molecule has 0 bridgehead atoms. The van der Waals surface area contributed by atoms with Gasteiger partial charge >= 0.3 is 0 Å². The van der Waals surface area contributed by atoms with Gasteiger partial charge < -0.3 is 15.2 Å². The lowest BCUT2D eigenvalue weighted by atomic mass is 9.72. The van der Waals surface area contributed by atoms with Gasteiger partial charge in [-0.25, -0.2) is 0 Å². The molecule has 5 rings (SSSR count). The number of anilines is 1. The summed E-state index contributed by atoms with van der Waals surface area (Å²) in [5, 5.41) is 15.2. The van der Waals surface area contributed by atoms with Crippen LogP contribution < -0.4 is 10.1 Å². The zero-order valence-corrected chi connectivity index (χ0v) is 17.4. The number of phenolic OH excluding ortho intramolecular Hbond substituents is 1. The van der Waals surface area contributed by atoms with Crippen LogP contribution in [0.15, 0.2) is 84.9 Å². The van der Waals surface area contributed by atoms with Crippen molar-refractivity contribution < 1.29 is 19.4 Å². The number of hydrogen-bond acceptors (Lipinski definition) is 4. The van der Waals surface area contributed by atoms with Gasteiger partial charge in [-0.3, -0.25) is 9.59 Å². The number of aromatic hydroxyl groups is 1. The largest absolute Gasteiger partial charge is 0.507 e. The highest BCUT2D eigenvalue weighted by molar-refractivity contribution is 6.18. The van der Waals surface area contributed by atoms with E-state index in [1.165, 1.54) is 6.07 Å². The summed E-state index contributed by atoms with van der Waals surface area (Å²) < 4.78 is 5.30. The maximum Gasteiger partial charge on any atom is 0.236 e. The summed E-state index contributed by atoms with van der Waals surface area (Å²) >= 11 is 0. The second-order valence-electron chi connectivity index (χ2n) is 7.85. The lowest BCUT2D eigenvalue weighted by Gasteiger charge is -2.34. The van der Waals surface area contributed by atoms with Crippen LogP contribution in [0.25, 0.3) is 10.8 Å². The second-order valence-corrected chi connectivity index (χ2v) is 7.85. The van der Waals surface area contributed by atoms with E-state index in [0.29, 0.717) is 11.4 Å². The number of ketones is 1. The van der Waals surface area contributed by atoms with Crippen molar-refractivity contribution in [2.24, 2.45) is 5.92 Å². The number of carbonyl (C=O) groups is 2. The van der Waals surface area contributed by atoms with Gasteiger partial charge in [-0.05, 0) is 52.2 Å². The zero-order valence-electron chi connectivity index (χ0n) is 17.4. The smallest absolute Gasteiger partial charge is 0.236 e. The molecule has 1 aliphatic heterocycles. The van der Waals surface area contributed by atoms with Crippen LogP contribution in [-0.4, -0.2) is 23.9 Å². The number of rotatable bonds is 4. The molecule has 2 unspecified atom stereocenters. The number of ether oxygens (including phenoxy) is 1. The number of phenols is 1. The number of carbonyl (C=O) groups excluding carboxylic acids is 2. The Bertz CT molecular complexity index is 1340. The van der Waals surface area contributed by atoms with Gasteiger partial charge in [0.1, 0.15) is 17.4 Å². The summed E-state index contributed by atoms with van der Waals surface area (Å²) in [5.74, 6) is -1.81. The highest BCUT2D eigenvalue weighted by atomic mass is 16.5. The number of Topliss-reactive ketones (excluding diaryl/α,β-unsaturated/α-hetero) is 1. The summed E-state index contributed by atoms with van der Waals surface area (Å²) in [6, 6.07) is 25.5. The third-order valence-electron chi connectivity index (χ3n) is 6.08. The molecule has 1 amide bonds. The van der Waals surface area contributed by atoms with Crippen LogP contribution in [0.1, 0.15) is 27.4 Å². The van der Waals surface area contributed by atoms with Crippen LogP contribution in [-0.2, 0) is 4.79 Å². The summed E-state index contributed by atoms with van der Waals surface area (Å²) in [5.41, 5.74) is 2.54. The Morgan fingerprint density at radius 1 is 0.906 bits per heavy atom. The Labute approximate surface area is 185 Å². The van der Waals surface area contributed by atoms with Crippen LogP contribution in [0.2, 0.25) is 0 Å². The van der Waals surface area contributed by atoms with E-state index >= 15 is 0 Å². The average molecular weight is 423 g/mol. The molecule has 32 heavy (non-hydrogen) atoms. The third kappa shape index (κ3) is 3.19. The summed E-state index contributed by atoms with van der Waals surface area (Å²) in [6.45, 7) is 0. The zero-order chi connectivity index (χ0) is 22.2. The molecule has 0 aromatic heterocycles. The van der Waals surface area contributed by atoms with Gasteiger partial charge in [0.2, 0.25) is 5.91 Å². The van der Waals surface area contributed by atoms with Crippen LogP contribution in [0.3, 0.4) is 0 Å². The first-order chi connectivity index (χ1) is 15.6. The molecule has 0 spiro atoms. The molecule has 0 fully saturated rings. The summed E-state index contributed by atoms with van der Waals surface area (Å²) in [6.07, 6.45) is 0. The fourth-order valence-electron chi connectivity index (χ4n) is 4.56. The van der Waals surface area contributed by atoms with E-state index in [2.05, 4.69) is 5.32 Å². The molecule has 4 aromatic carbocycles. The normalized spacial score (nSPS) is 17.5. The molecule has 1 heterocycles. The molecule has 2 atom stereocenters. The van der Waals surface area contributed by atoms with Crippen LogP contribution in [0.4, 0.5) is 5.69 Å². The minimum Gasteiger partial charge on any atom is -0.507 e. The topological polar surface area (TPSA) is 75.6 Å². The highest BCUT2D eigenvalue weighted by Crippen LogP contribution is 2.46. The summed E-state index contributed by atoms with van der Waals surface area (Å²) in [4.78, 5) is 26.9. The van der Waals surface area contributed by atoms with Crippen molar-refractivity contribution in [3.63, 3.8) is 0 Å². The minimum atomic E-state index is -1.03. The molecule has 1 aliphatic rings. The molecule has 2 N–H and O–H groups in total. The van der Waals surface area contributed by atoms with Gasteiger partial charge in [-0.15, -0.1) is 0 Å². The summed E-state index contributed by atoms with van der Waals surface area (Å²) in [7, 11) is 1.59. The number of benzene rings is 4. The first-order valence-corrected chi connectivity index (χ1v) is 10.4. The van der Waals surface area contributed by atoms with Gasteiger partial charge in [-0.2, -0.15) is 0 Å². The van der Waals surface area contributed by atoms with E-state index in [-0.39, 0.29) is 17.2 Å². The number of amides is 1. The van der Waals surface area contributed by atoms with E-state index < -0.39 is 17.6 Å². The maximum atomic E-state index is 13.6. The van der Waals surface area contributed by atoms with Crippen molar-refractivity contribution in [1.82, 2.24) is 0 Å². The van der Waals surface area contributed by atoms with Crippen LogP contribution >= 0.6 is 0 Å². The number of methoxy groups -OCH3 is 1. The molecule has 158 valence electrons. The highest BCUT2D eigenvalue weighted by Gasteiger charge is 2.43. The molecule has 0 saturated heterocycles. The standard InChI is InChI=1S/C27H21NO4/c1-32-18-13-10-17(11-14-18)23-24-19-7-3-2-6-16(19)12-15-21(24)28-27(31)25(23)26(30)20-8-4-5-9-22(20)29/h2-15,23,25,29H,1H3,(H,28,31). The monoisotopic (exact) mass is 423 g/mol. The first-order valence-electron chi connectivity index (χ1n) is 10.4. The van der Waals surface area contributed by atoms with E-state index in [0.717, 1.165) is 21.9 Å². The Morgan fingerprint density at radius 3 is 2.38 bits per heavy atom. The van der Waals surface area contributed by atoms with Gasteiger partial charge in [-0.1, -0.05) is 54.6 Å². The van der Waals surface area contributed by atoms with E-state index in [9.17, 15) is 14.7 Å². The molecular weight excluding hydrogens is 402 g/mol. The minimum absolute atomic E-state index is 0.134. The van der Waals surface area contributed by atoms with Crippen molar-refractivity contribution >= 4 is 28.2 Å². The van der Waals surface area contributed by atoms with Crippen molar-refractivity contribution in [2.45, 2.75) is 5.92 Å². The first kappa shape index (κ1) is 19.8. The molecule has 5 nitrogen and oxygen atoms in total. The quantitative estimate of drug-likeness (QED) is 0.352. The maximum absolute atomic E-state index is 13.6. The predicted molar refractivity (Wildman–Crippen MR) is 123 cm³/mol. The Morgan fingerprint density at radius 2 is 1.62 bits per heavy atom. The van der Waals surface area contributed by atoms with Crippen LogP contribution in [0.5, 0.6) is 11.5 Å². The average Bonchev–Trinajstić information content (AvgIpc) is 2.83. The lowest BCUT2D eigenvalue weighted by Crippen LogP contribution is -2.39. The third-order valence-corrected chi connectivity index (χ3v) is 6.08. The fraction of sp³-hybridized carbons (Fsp3) is 0.111. The molecule has 5 heteroatoms. The van der Waals surface area contributed by atoms with Gasteiger partial charge in [0.05, 0.1) is 12.7 Å². The van der Waals surface area contributed by atoms with Crippen molar-refractivity contribution in [1.29, 1.82) is 0 Å². The molecular formula is C27H21NO4. The van der Waals surface area contributed by atoms with Gasteiger partial charge in [0, 0.05) is 11.6 Å². The van der Waals surface area contributed by atoms with Crippen LogP contribution in [0, 0.1) is 5.92 Å². The number of hydrogen-bond donors (Lipinski definition) is 2. The Kier molecular flexibility index (Phi) is 4.86. The van der Waals surface area contributed by atoms with Gasteiger partial charge in [0.25, 0.3) is 0 Å². The molecule has 0 aliphatic carbocycles. The SMILES string of the molecule is COc1ccc(C2c3c(ccc4ccccc34)NC(=O)C2C(=O)c2ccccc2O)cc1. The predicted octanol–water partition coefficient (Wildman–Crippen LogP) is 5.14. The van der Waals surface area contributed by atoms with Crippen molar-refractivity contribution in [3.8, 4) is 11.5 Å². The second kappa shape index (κ2) is 7.85. The van der Waals surface area contributed by atoms with E-state index in [1.807, 2.05) is 60.7 Å². The molecule has 0 saturated carbocycles. The number of fused-ring (bicyclic) bond motifs is 3. The molecule has 4 aromatic rings. The fourth-order valence-corrected chi connectivity index (χ4v) is 4.56. The Hall–Kier alpha value is -4.12. The van der Waals surface area contributed by atoms with Crippen molar-refractivity contribution in [3.05, 3.63) is 102 Å². The molecule has 0 radical (unpaired) electrons. The van der Waals surface area contributed by atoms with Gasteiger partial charge in [0.15, 0.2) is 5.78 Å². The van der Waals surface area contributed by atoms with Crippen molar-refractivity contribution in [2.75, 3.05) is 12.4 Å². The van der Waals surface area contributed by atoms with E-state index in [1.54, 1.807) is 25.3 Å². The number of nitrogens with one attached hydrogen (secondary N) is 1. The van der Waals surface area contributed by atoms with E-state index in [4.69, 9.17) is 4.74 Å². The Balaban J connectivity index is 1.76. The lowest BCUT2D eigenvalue weighted by molar-refractivity contribution is -0.119.